The Morgan fingerprint density at radius 2 is 1.95 bits per heavy atom. The minimum absolute atomic E-state index is 0.466. The number of thiophene rings is 1. The van der Waals surface area contributed by atoms with Crippen LogP contribution < -0.4 is 5.32 Å². The second kappa shape index (κ2) is 6.36. The van der Waals surface area contributed by atoms with Gasteiger partial charge in [-0.15, -0.1) is 11.3 Å². The van der Waals surface area contributed by atoms with Gasteiger partial charge < -0.3 is 5.32 Å². The first-order valence-corrected chi connectivity index (χ1v) is 7.83. The third-order valence-electron chi connectivity index (χ3n) is 3.33. The minimum Gasteiger partial charge on any atom is -0.309 e. The number of nitrogens with one attached hydrogen (secondary N) is 1. The van der Waals surface area contributed by atoms with Crippen LogP contribution in [0.2, 0.25) is 0 Å². The fraction of sp³-hybridized carbons (Fsp3) is 0.412. The Kier molecular flexibility index (Phi) is 4.78. The summed E-state index contributed by atoms with van der Waals surface area (Å²) >= 11 is 1.91. The molecule has 1 aromatic carbocycles. The van der Waals surface area contributed by atoms with Crippen LogP contribution in [0.4, 0.5) is 0 Å². The summed E-state index contributed by atoms with van der Waals surface area (Å²) in [5, 5.41) is 3.58. The number of hydrogen-bond acceptors (Lipinski definition) is 2. The van der Waals surface area contributed by atoms with E-state index in [-0.39, 0.29) is 0 Å². The maximum atomic E-state index is 3.58. The van der Waals surface area contributed by atoms with Gasteiger partial charge in [-0.1, -0.05) is 50.6 Å². The summed E-state index contributed by atoms with van der Waals surface area (Å²) in [6, 6.07) is 13.7. The van der Waals surface area contributed by atoms with Crippen molar-refractivity contribution in [1.82, 2.24) is 5.32 Å². The van der Waals surface area contributed by atoms with Gasteiger partial charge in [-0.25, -0.2) is 0 Å². The first-order chi connectivity index (χ1) is 9.11. The van der Waals surface area contributed by atoms with Crippen LogP contribution in [0.15, 0.2) is 36.4 Å². The van der Waals surface area contributed by atoms with E-state index >= 15 is 0 Å². The van der Waals surface area contributed by atoms with Crippen molar-refractivity contribution < 1.29 is 0 Å². The van der Waals surface area contributed by atoms with E-state index in [1.165, 1.54) is 20.9 Å². The van der Waals surface area contributed by atoms with Crippen molar-refractivity contribution in [1.29, 1.82) is 0 Å². The Morgan fingerprint density at radius 3 is 2.58 bits per heavy atom. The van der Waals surface area contributed by atoms with Gasteiger partial charge in [-0.05, 0) is 37.1 Å². The van der Waals surface area contributed by atoms with Crippen molar-refractivity contribution in [3.63, 3.8) is 0 Å². The maximum absolute atomic E-state index is 3.58. The molecule has 102 valence electrons. The Bertz CT molecular complexity index is 528. The van der Waals surface area contributed by atoms with E-state index in [2.05, 4.69) is 69.4 Å². The summed E-state index contributed by atoms with van der Waals surface area (Å²) in [6.45, 7) is 9.89. The third kappa shape index (κ3) is 3.46. The Hall–Kier alpha value is -1.12. The molecule has 0 radical (unpaired) electrons. The number of hydrogen-bond donors (Lipinski definition) is 1. The second-order valence-electron chi connectivity index (χ2n) is 5.35. The summed E-state index contributed by atoms with van der Waals surface area (Å²) in [6.07, 6.45) is 0. The molecule has 1 unspecified atom stereocenters. The summed E-state index contributed by atoms with van der Waals surface area (Å²) in [5.74, 6) is 0.615. The van der Waals surface area contributed by atoms with E-state index in [1.807, 2.05) is 11.3 Å². The Balaban J connectivity index is 2.27. The Morgan fingerprint density at radius 1 is 1.16 bits per heavy atom. The average Bonchev–Trinajstić information content (AvgIpc) is 2.84. The molecule has 19 heavy (non-hydrogen) atoms. The predicted molar refractivity (Wildman–Crippen MR) is 85.7 cm³/mol. The van der Waals surface area contributed by atoms with Crippen molar-refractivity contribution in [3.05, 3.63) is 46.8 Å². The molecule has 1 N–H and O–H groups in total. The first kappa shape index (κ1) is 14.3. The van der Waals surface area contributed by atoms with Gasteiger partial charge in [-0.3, -0.25) is 0 Å². The molecule has 1 nitrogen and oxygen atoms in total. The highest BCUT2D eigenvalue weighted by Crippen LogP contribution is 2.34. The lowest BCUT2D eigenvalue weighted by atomic mass is 10.0. The lowest BCUT2D eigenvalue weighted by molar-refractivity contribution is 0.428. The highest BCUT2D eigenvalue weighted by atomic mass is 32.1. The smallest absolute Gasteiger partial charge is 0.0438 e. The van der Waals surface area contributed by atoms with Crippen molar-refractivity contribution >= 4 is 11.3 Å². The van der Waals surface area contributed by atoms with Crippen LogP contribution in [0.3, 0.4) is 0 Å². The molecule has 2 heteroatoms. The predicted octanol–water partition coefficient (Wildman–Crippen LogP) is 5.03. The minimum atomic E-state index is 0.466. The van der Waals surface area contributed by atoms with E-state index < -0.39 is 0 Å². The van der Waals surface area contributed by atoms with Gasteiger partial charge in [0.25, 0.3) is 0 Å². The van der Waals surface area contributed by atoms with E-state index in [1.54, 1.807) is 0 Å². The van der Waals surface area contributed by atoms with Gasteiger partial charge in [0.2, 0.25) is 0 Å². The number of aryl methyl sites for hydroxylation is 1. The molecule has 0 aliphatic carbocycles. The van der Waals surface area contributed by atoms with Crippen LogP contribution in [0.5, 0.6) is 0 Å². The summed E-state index contributed by atoms with van der Waals surface area (Å²) < 4.78 is 0. The molecule has 0 spiro atoms. The van der Waals surface area contributed by atoms with Gasteiger partial charge >= 0.3 is 0 Å². The molecular formula is C17H23NS. The van der Waals surface area contributed by atoms with Crippen LogP contribution in [0, 0.1) is 12.8 Å². The van der Waals surface area contributed by atoms with Crippen LogP contribution in [-0.2, 0) is 0 Å². The summed E-state index contributed by atoms with van der Waals surface area (Å²) in [5.41, 5.74) is 2.65. The highest BCUT2D eigenvalue weighted by molar-refractivity contribution is 7.15. The zero-order chi connectivity index (χ0) is 13.8. The molecule has 1 aromatic heterocycles. The molecule has 0 aliphatic rings. The van der Waals surface area contributed by atoms with Crippen LogP contribution in [0.1, 0.15) is 37.3 Å². The van der Waals surface area contributed by atoms with Crippen molar-refractivity contribution in [3.8, 4) is 10.4 Å². The maximum Gasteiger partial charge on any atom is 0.0438 e. The van der Waals surface area contributed by atoms with Crippen molar-refractivity contribution in [2.24, 2.45) is 5.92 Å². The molecule has 0 saturated carbocycles. The van der Waals surface area contributed by atoms with Crippen LogP contribution >= 0.6 is 11.3 Å². The molecular weight excluding hydrogens is 250 g/mol. The summed E-state index contributed by atoms with van der Waals surface area (Å²) in [7, 11) is 0. The van der Waals surface area contributed by atoms with Gasteiger partial charge in [0.15, 0.2) is 0 Å². The quantitative estimate of drug-likeness (QED) is 0.805. The summed E-state index contributed by atoms with van der Waals surface area (Å²) in [4.78, 5) is 2.80. The average molecular weight is 273 g/mol. The molecule has 0 aliphatic heterocycles. The topological polar surface area (TPSA) is 12.0 Å². The van der Waals surface area contributed by atoms with E-state index in [4.69, 9.17) is 0 Å². The van der Waals surface area contributed by atoms with E-state index in [9.17, 15) is 0 Å². The zero-order valence-electron chi connectivity index (χ0n) is 12.2. The van der Waals surface area contributed by atoms with Gasteiger partial charge in [0.05, 0.1) is 0 Å². The number of rotatable bonds is 5. The van der Waals surface area contributed by atoms with Gasteiger partial charge in [0, 0.05) is 15.8 Å². The monoisotopic (exact) mass is 273 g/mol. The fourth-order valence-electron chi connectivity index (χ4n) is 2.36. The fourth-order valence-corrected chi connectivity index (χ4v) is 3.61. The normalized spacial score (nSPS) is 12.9. The molecule has 2 aromatic rings. The molecule has 0 bridgehead atoms. The highest BCUT2D eigenvalue weighted by Gasteiger charge is 2.16. The van der Waals surface area contributed by atoms with Gasteiger partial charge in [-0.2, -0.15) is 0 Å². The van der Waals surface area contributed by atoms with Crippen LogP contribution in [-0.4, -0.2) is 6.54 Å². The lowest BCUT2D eigenvalue weighted by Crippen LogP contribution is -2.24. The van der Waals surface area contributed by atoms with Crippen molar-refractivity contribution in [2.45, 2.75) is 33.7 Å². The SMILES string of the molecule is CCNC(c1ccc(-c2cccc(C)c2)s1)C(C)C. The lowest BCUT2D eigenvalue weighted by Gasteiger charge is -2.20. The number of benzene rings is 1. The first-order valence-electron chi connectivity index (χ1n) is 7.02. The third-order valence-corrected chi connectivity index (χ3v) is 4.54. The van der Waals surface area contributed by atoms with Crippen LogP contribution in [0.25, 0.3) is 10.4 Å². The molecule has 0 fully saturated rings. The second-order valence-corrected chi connectivity index (χ2v) is 6.47. The Labute approximate surface area is 120 Å². The largest absolute Gasteiger partial charge is 0.309 e. The molecule has 1 heterocycles. The zero-order valence-corrected chi connectivity index (χ0v) is 13.1. The molecule has 2 rings (SSSR count). The van der Waals surface area contributed by atoms with E-state index in [0.29, 0.717) is 12.0 Å². The standard InChI is InChI=1S/C17H23NS/c1-5-18-17(12(2)3)16-10-9-15(19-16)14-8-6-7-13(4)11-14/h6-12,17-18H,5H2,1-4H3. The van der Waals surface area contributed by atoms with Crippen molar-refractivity contribution in [2.75, 3.05) is 6.54 Å². The molecule has 0 amide bonds. The van der Waals surface area contributed by atoms with E-state index in [0.717, 1.165) is 6.54 Å². The molecule has 1 atom stereocenters. The molecule has 0 saturated heterocycles. The van der Waals surface area contributed by atoms with Gasteiger partial charge in [0.1, 0.15) is 0 Å².